The molecule has 24 heavy (non-hydrogen) atoms. The molecule has 0 saturated heterocycles. The third-order valence-electron chi connectivity index (χ3n) is 4.13. The molecule has 0 unspecified atom stereocenters. The van der Waals surface area contributed by atoms with Gasteiger partial charge in [0.25, 0.3) is 5.91 Å². The number of thiazole rings is 1. The molecule has 0 saturated carbocycles. The summed E-state index contributed by atoms with van der Waals surface area (Å²) in [6.07, 6.45) is 4.75. The van der Waals surface area contributed by atoms with E-state index in [1.807, 2.05) is 49.4 Å². The van der Waals surface area contributed by atoms with Gasteiger partial charge in [-0.1, -0.05) is 55.4 Å². The molecule has 4 heteroatoms. The minimum atomic E-state index is -0.105. The molecule has 0 spiro atoms. The van der Waals surface area contributed by atoms with Gasteiger partial charge in [-0.15, -0.1) is 0 Å². The first-order chi connectivity index (χ1) is 11.7. The number of nitrogens with zero attached hydrogens (tertiary/aromatic N) is 1. The molecule has 3 aromatic rings. The number of fused-ring (bicyclic) bond motifs is 1. The molecule has 0 bridgehead atoms. The maximum atomic E-state index is 12.4. The highest BCUT2D eigenvalue weighted by atomic mass is 32.1. The van der Waals surface area contributed by atoms with Gasteiger partial charge in [-0.3, -0.25) is 10.1 Å². The van der Waals surface area contributed by atoms with Crippen molar-refractivity contribution < 1.29 is 4.79 Å². The third-order valence-corrected chi connectivity index (χ3v) is 5.06. The summed E-state index contributed by atoms with van der Waals surface area (Å²) in [6.45, 7) is 4.24. The SMILES string of the molecule is CCCCCc1ccc(C(=O)Nc2nc3c(C)cccc3s2)cc1. The quantitative estimate of drug-likeness (QED) is 0.595. The molecule has 1 aromatic heterocycles. The highest BCUT2D eigenvalue weighted by Crippen LogP contribution is 2.28. The monoisotopic (exact) mass is 338 g/mol. The van der Waals surface area contributed by atoms with Crippen molar-refractivity contribution in [2.45, 2.75) is 39.5 Å². The van der Waals surface area contributed by atoms with E-state index >= 15 is 0 Å². The number of rotatable bonds is 6. The van der Waals surface area contributed by atoms with E-state index in [4.69, 9.17) is 0 Å². The molecule has 1 amide bonds. The van der Waals surface area contributed by atoms with Crippen LogP contribution in [0, 0.1) is 6.92 Å². The lowest BCUT2D eigenvalue weighted by atomic mass is 10.1. The summed E-state index contributed by atoms with van der Waals surface area (Å²) in [6, 6.07) is 14.0. The second-order valence-electron chi connectivity index (χ2n) is 6.05. The first-order valence-corrected chi connectivity index (χ1v) is 9.25. The number of benzene rings is 2. The average Bonchev–Trinajstić information content (AvgIpc) is 2.99. The van der Waals surface area contributed by atoms with Gasteiger partial charge in [-0.05, 0) is 49.1 Å². The van der Waals surface area contributed by atoms with Crippen molar-refractivity contribution in [3.63, 3.8) is 0 Å². The zero-order valence-corrected chi connectivity index (χ0v) is 15.0. The van der Waals surface area contributed by atoms with Crippen LogP contribution in [0.1, 0.15) is 47.7 Å². The Morgan fingerprint density at radius 3 is 2.62 bits per heavy atom. The van der Waals surface area contributed by atoms with Crippen LogP contribution in [0.5, 0.6) is 0 Å². The van der Waals surface area contributed by atoms with Crippen LogP contribution in [0.25, 0.3) is 10.2 Å². The van der Waals surface area contributed by atoms with Gasteiger partial charge in [-0.25, -0.2) is 4.98 Å². The summed E-state index contributed by atoms with van der Waals surface area (Å²) in [4.78, 5) is 16.9. The van der Waals surface area contributed by atoms with Crippen LogP contribution in [0.2, 0.25) is 0 Å². The highest BCUT2D eigenvalue weighted by Gasteiger charge is 2.10. The van der Waals surface area contributed by atoms with Crippen molar-refractivity contribution in [2.24, 2.45) is 0 Å². The zero-order valence-electron chi connectivity index (χ0n) is 14.1. The first-order valence-electron chi connectivity index (χ1n) is 8.44. The number of aromatic nitrogens is 1. The number of amides is 1. The fourth-order valence-corrected chi connectivity index (χ4v) is 3.65. The Kier molecular flexibility index (Phi) is 5.26. The van der Waals surface area contributed by atoms with Crippen LogP contribution >= 0.6 is 11.3 Å². The minimum absolute atomic E-state index is 0.105. The molecule has 2 aromatic carbocycles. The standard InChI is InChI=1S/C20H22N2OS/c1-3-4-5-8-15-10-12-16(13-11-15)19(23)22-20-21-18-14(2)7-6-9-17(18)24-20/h6-7,9-13H,3-5,8H2,1-2H3,(H,21,22,23). The van der Waals surface area contributed by atoms with Crippen molar-refractivity contribution >= 4 is 32.6 Å². The molecule has 3 rings (SSSR count). The summed E-state index contributed by atoms with van der Waals surface area (Å²) in [5.41, 5.74) is 4.05. The molecule has 0 radical (unpaired) electrons. The van der Waals surface area contributed by atoms with Crippen LogP contribution in [-0.4, -0.2) is 10.9 Å². The van der Waals surface area contributed by atoms with Crippen molar-refractivity contribution in [3.8, 4) is 0 Å². The molecule has 124 valence electrons. The molecular weight excluding hydrogens is 316 g/mol. The lowest BCUT2D eigenvalue weighted by Gasteiger charge is -2.04. The van der Waals surface area contributed by atoms with Gasteiger partial charge in [-0.2, -0.15) is 0 Å². The van der Waals surface area contributed by atoms with Gasteiger partial charge in [0.2, 0.25) is 0 Å². The Bertz CT molecular complexity index is 836. The number of aryl methyl sites for hydroxylation is 2. The van der Waals surface area contributed by atoms with E-state index in [0.717, 1.165) is 22.2 Å². The maximum absolute atomic E-state index is 12.4. The van der Waals surface area contributed by atoms with Crippen LogP contribution in [0.4, 0.5) is 5.13 Å². The van der Waals surface area contributed by atoms with Gasteiger partial charge in [0.1, 0.15) is 0 Å². The minimum Gasteiger partial charge on any atom is -0.298 e. The number of hydrogen-bond donors (Lipinski definition) is 1. The number of anilines is 1. The molecule has 0 aliphatic rings. The second-order valence-corrected chi connectivity index (χ2v) is 7.08. The van der Waals surface area contributed by atoms with Crippen LogP contribution in [0.3, 0.4) is 0 Å². The van der Waals surface area contributed by atoms with E-state index < -0.39 is 0 Å². The predicted molar refractivity (Wildman–Crippen MR) is 102 cm³/mol. The normalized spacial score (nSPS) is 10.9. The summed E-state index contributed by atoms with van der Waals surface area (Å²) < 4.78 is 1.09. The molecule has 0 fully saturated rings. The zero-order chi connectivity index (χ0) is 16.9. The van der Waals surface area contributed by atoms with Crippen molar-refractivity contribution in [1.29, 1.82) is 0 Å². The largest absolute Gasteiger partial charge is 0.298 e. The number of carbonyl (C=O) groups excluding carboxylic acids is 1. The molecule has 0 atom stereocenters. The van der Waals surface area contributed by atoms with Crippen LogP contribution < -0.4 is 5.32 Å². The van der Waals surface area contributed by atoms with Crippen LogP contribution in [0.15, 0.2) is 42.5 Å². The summed E-state index contributed by atoms with van der Waals surface area (Å²) >= 11 is 1.51. The lowest BCUT2D eigenvalue weighted by molar-refractivity contribution is 0.102. The average molecular weight is 338 g/mol. The molecule has 0 aliphatic heterocycles. The predicted octanol–water partition coefficient (Wildman–Crippen LogP) is 5.59. The van der Waals surface area contributed by atoms with E-state index in [-0.39, 0.29) is 5.91 Å². The van der Waals surface area contributed by atoms with E-state index in [2.05, 4.69) is 17.2 Å². The smallest absolute Gasteiger partial charge is 0.257 e. The molecular formula is C20H22N2OS. The third kappa shape index (κ3) is 3.82. The summed E-state index contributed by atoms with van der Waals surface area (Å²) in [5, 5.41) is 3.56. The van der Waals surface area contributed by atoms with E-state index in [1.165, 1.54) is 36.2 Å². The van der Waals surface area contributed by atoms with E-state index in [9.17, 15) is 4.79 Å². The highest BCUT2D eigenvalue weighted by molar-refractivity contribution is 7.22. The fourth-order valence-electron chi connectivity index (χ4n) is 2.71. The second kappa shape index (κ2) is 7.58. The van der Waals surface area contributed by atoms with E-state index in [1.54, 1.807) is 0 Å². The number of nitrogens with one attached hydrogen (secondary N) is 1. The van der Waals surface area contributed by atoms with E-state index in [0.29, 0.717) is 10.7 Å². The Morgan fingerprint density at radius 2 is 1.92 bits per heavy atom. The number of carbonyl (C=O) groups is 1. The topological polar surface area (TPSA) is 42.0 Å². The van der Waals surface area contributed by atoms with Gasteiger partial charge in [0.15, 0.2) is 5.13 Å². The summed E-state index contributed by atoms with van der Waals surface area (Å²) in [7, 11) is 0. The van der Waals surface area contributed by atoms with Crippen LogP contribution in [-0.2, 0) is 6.42 Å². The molecule has 0 aliphatic carbocycles. The Balaban J connectivity index is 1.68. The number of hydrogen-bond acceptors (Lipinski definition) is 3. The molecule has 1 heterocycles. The van der Waals surface area contributed by atoms with Gasteiger partial charge >= 0.3 is 0 Å². The molecule has 1 N–H and O–H groups in total. The van der Waals surface area contributed by atoms with Gasteiger partial charge in [0, 0.05) is 5.56 Å². The Hall–Kier alpha value is -2.20. The maximum Gasteiger partial charge on any atom is 0.257 e. The van der Waals surface area contributed by atoms with Crippen molar-refractivity contribution in [3.05, 3.63) is 59.2 Å². The number of para-hydroxylation sites is 1. The fraction of sp³-hybridized carbons (Fsp3) is 0.300. The number of unbranched alkanes of at least 4 members (excludes halogenated alkanes) is 2. The Morgan fingerprint density at radius 1 is 1.12 bits per heavy atom. The summed E-state index contributed by atoms with van der Waals surface area (Å²) in [5.74, 6) is -0.105. The van der Waals surface area contributed by atoms with Crippen molar-refractivity contribution in [2.75, 3.05) is 5.32 Å². The Labute approximate surface area is 146 Å². The lowest BCUT2D eigenvalue weighted by Crippen LogP contribution is -2.11. The molecule has 3 nitrogen and oxygen atoms in total. The van der Waals surface area contributed by atoms with Gasteiger partial charge in [0.05, 0.1) is 10.2 Å². The van der Waals surface area contributed by atoms with Crippen molar-refractivity contribution in [1.82, 2.24) is 4.98 Å². The van der Waals surface area contributed by atoms with Gasteiger partial charge < -0.3 is 0 Å². The first kappa shape index (κ1) is 16.7.